The lowest BCUT2D eigenvalue weighted by atomic mass is 10.2. The molecule has 1 aromatic heterocycles. The molecule has 21 heavy (non-hydrogen) atoms. The lowest BCUT2D eigenvalue weighted by molar-refractivity contribution is 0.323. The van der Waals surface area contributed by atoms with Crippen molar-refractivity contribution in [1.82, 2.24) is 4.37 Å². The molecule has 104 valence electrons. The lowest BCUT2D eigenvalue weighted by Crippen LogP contribution is -2.17. The second kappa shape index (κ2) is 5.14. The third-order valence-corrected chi connectivity index (χ3v) is 4.08. The molecule has 0 bridgehead atoms. The van der Waals surface area contributed by atoms with Gasteiger partial charge in [-0.2, -0.15) is 4.37 Å². The number of azo groups is 1. The monoisotopic (exact) mass is 296 g/mol. The smallest absolute Gasteiger partial charge is 0.195 e. The van der Waals surface area contributed by atoms with Crippen LogP contribution in [-0.2, 0) is 0 Å². The van der Waals surface area contributed by atoms with E-state index in [4.69, 9.17) is 4.74 Å². The van der Waals surface area contributed by atoms with Gasteiger partial charge in [-0.15, -0.1) is 10.2 Å². The van der Waals surface area contributed by atoms with E-state index in [1.807, 2.05) is 42.5 Å². The summed E-state index contributed by atoms with van der Waals surface area (Å²) in [6.07, 6.45) is 0. The molecule has 0 fully saturated rings. The molecule has 0 spiro atoms. The van der Waals surface area contributed by atoms with E-state index in [0.29, 0.717) is 12.4 Å². The summed E-state index contributed by atoms with van der Waals surface area (Å²) in [4.78, 5) is 0. The van der Waals surface area contributed by atoms with Crippen LogP contribution in [0.25, 0.3) is 10.1 Å². The SMILES string of the molecule is c1ccc2c(N=Nc3ccc4c(c3)OCCN4)nsc2c1. The van der Waals surface area contributed by atoms with Gasteiger partial charge in [0.05, 0.1) is 16.1 Å². The van der Waals surface area contributed by atoms with Crippen LogP contribution < -0.4 is 10.1 Å². The number of benzene rings is 2. The molecule has 1 aliphatic heterocycles. The van der Waals surface area contributed by atoms with Crippen LogP contribution in [0.4, 0.5) is 17.2 Å². The van der Waals surface area contributed by atoms with Crippen LogP contribution in [0.15, 0.2) is 52.7 Å². The van der Waals surface area contributed by atoms with Gasteiger partial charge in [-0.05, 0) is 35.8 Å². The van der Waals surface area contributed by atoms with Crippen LogP contribution in [0.2, 0.25) is 0 Å². The van der Waals surface area contributed by atoms with E-state index in [1.165, 1.54) is 11.5 Å². The number of fused-ring (bicyclic) bond motifs is 2. The van der Waals surface area contributed by atoms with Gasteiger partial charge >= 0.3 is 0 Å². The number of nitrogens with zero attached hydrogens (tertiary/aromatic N) is 3. The van der Waals surface area contributed by atoms with Crippen molar-refractivity contribution in [2.24, 2.45) is 10.2 Å². The zero-order chi connectivity index (χ0) is 14.1. The Kier molecular flexibility index (Phi) is 3.01. The predicted octanol–water partition coefficient (Wildman–Crippen LogP) is 4.52. The summed E-state index contributed by atoms with van der Waals surface area (Å²) in [5, 5.41) is 12.8. The van der Waals surface area contributed by atoms with Gasteiger partial charge in [0.25, 0.3) is 0 Å². The Hall–Kier alpha value is -2.47. The van der Waals surface area contributed by atoms with Gasteiger partial charge in [0, 0.05) is 18.0 Å². The van der Waals surface area contributed by atoms with Crippen LogP contribution in [-0.4, -0.2) is 17.5 Å². The molecule has 3 aromatic rings. The molecule has 0 atom stereocenters. The van der Waals surface area contributed by atoms with E-state index in [9.17, 15) is 0 Å². The van der Waals surface area contributed by atoms with Crippen molar-refractivity contribution in [3.8, 4) is 5.75 Å². The Morgan fingerprint density at radius 3 is 3.10 bits per heavy atom. The summed E-state index contributed by atoms with van der Waals surface area (Å²) >= 11 is 1.43. The molecule has 0 saturated carbocycles. The van der Waals surface area contributed by atoms with Crippen LogP contribution in [0, 0.1) is 0 Å². The van der Waals surface area contributed by atoms with Gasteiger partial charge in [0.15, 0.2) is 5.82 Å². The maximum Gasteiger partial charge on any atom is 0.195 e. The Balaban J connectivity index is 1.66. The van der Waals surface area contributed by atoms with Crippen molar-refractivity contribution >= 4 is 38.8 Å². The zero-order valence-electron chi connectivity index (χ0n) is 11.1. The number of ether oxygens (including phenoxy) is 1. The molecular formula is C15H12N4OS. The fraction of sp³-hybridized carbons (Fsp3) is 0.133. The molecule has 5 nitrogen and oxygen atoms in total. The van der Waals surface area contributed by atoms with Gasteiger partial charge in [-0.3, -0.25) is 0 Å². The minimum atomic E-state index is 0.660. The number of anilines is 1. The fourth-order valence-electron chi connectivity index (χ4n) is 2.24. The molecule has 6 heteroatoms. The molecule has 0 amide bonds. The second-order valence-corrected chi connectivity index (χ2v) is 5.46. The largest absolute Gasteiger partial charge is 0.490 e. The van der Waals surface area contributed by atoms with Gasteiger partial charge in [0.1, 0.15) is 12.4 Å². The number of hydrogen-bond acceptors (Lipinski definition) is 6. The quantitative estimate of drug-likeness (QED) is 0.707. The maximum absolute atomic E-state index is 5.59. The van der Waals surface area contributed by atoms with Crippen LogP contribution in [0.3, 0.4) is 0 Å². The highest BCUT2D eigenvalue weighted by Gasteiger charge is 2.10. The maximum atomic E-state index is 5.59. The molecule has 0 saturated heterocycles. The number of rotatable bonds is 2. The van der Waals surface area contributed by atoms with E-state index in [0.717, 1.165) is 33.8 Å². The third-order valence-electron chi connectivity index (χ3n) is 3.26. The summed E-state index contributed by atoms with van der Waals surface area (Å²) in [5.74, 6) is 1.48. The first-order valence-corrected chi connectivity index (χ1v) is 7.44. The number of nitrogens with one attached hydrogen (secondary N) is 1. The average Bonchev–Trinajstić information content (AvgIpc) is 2.96. The van der Waals surface area contributed by atoms with Crippen LogP contribution in [0.5, 0.6) is 5.75 Å². The summed E-state index contributed by atoms with van der Waals surface area (Å²) in [6, 6.07) is 13.8. The van der Waals surface area contributed by atoms with Crippen molar-refractivity contribution in [1.29, 1.82) is 0 Å². The minimum absolute atomic E-state index is 0.660. The van der Waals surface area contributed by atoms with Crippen molar-refractivity contribution < 1.29 is 4.74 Å². The second-order valence-electron chi connectivity index (χ2n) is 4.66. The molecule has 2 heterocycles. The first-order chi connectivity index (χ1) is 10.4. The van der Waals surface area contributed by atoms with Crippen LogP contribution >= 0.6 is 11.5 Å². The number of aromatic nitrogens is 1. The molecule has 2 aromatic carbocycles. The highest BCUT2D eigenvalue weighted by atomic mass is 32.1. The summed E-state index contributed by atoms with van der Waals surface area (Å²) in [6.45, 7) is 1.50. The van der Waals surface area contributed by atoms with Gasteiger partial charge in [-0.25, -0.2) is 0 Å². The summed E-state index contributed by atoms with van der Waals surface area (Å²) in [5.41, 5.74) is 1.76. The minimum Gasteiger partial charge on any atom is -0.490 e. The van der Waals surface area contributed by atoms with E-state index in [-0.39, 0.29) is 0 Å². The highest BCUT2D eigenvalue weighted by molar-refractivity contribution is 7.13. The Morgan fingerprint density at radius 2 is 2.10 bits per heavy atom. The summed E-state index contributed by atoms with van der Waals surface area (Å²) in [7, 11) is 0. The van der Waals surface area contributed by atoms with Gasteiger partial charge < -0.3 is 10.1 Å². The van der Waals surface area contributed by atoms with E-state index in [2.05, 4.69) is 19.9 Å². The molecule has 0 unspecified atom stereocenters. The van der Waals surface area contributed by atoms with Crippen molar-refractivity contribution in [2.75, 3.05) is 18.5 Å². The molecule has 0 aliphatic carbocycles. The van der Waals surface area contributed by atoms with Crippen molar-refractivity contribution in [3.05, 3.63) is 42.5 Å². The standard InChI is InChI=1S/C15H12N4OS/c1-2-4-14-11(3-1)15(19-21-14)18-17-10-5-6-12-13(9-10)20-8-7-16-12/h1-6,9,16H,7-8H2. The topological polar surface area (TPSA) is 58.9 Å². The van der Waals surface area contributed by atoms with Crippen molar-refractivity contribution in [3.63, 3.8) is 0 Å². The van der Waals surface area contributed by atoms with E-state index in [1.54, 1.807) is 0 Å². The van der Waals surface area contributed by atoms with Gasteiger partial charge in [-0.1, -0.05) is 12.1 Å². The lowest BCUT2D eigenvalue weighted by Gasteiger charge is -2.18. The first kappa shape index (κ1) is 12.3. The number of hydrogen-bond donors (Lipinski definition) is 1. The molecular weight excluding hydrogens is 284 g/mol. The molecule has 1 N–H and O–H groups in total. The fourth-order valence-corrected chi connectivity index (χ4v) is 2.95. The van der Waals surface area contributed by atoms with E-state index < -0.39 is 0 Å². The van der Waals surface area contributed by atoms with Crippen molar-refractivity contribution in [2.45, 2.75) is 0 Å². The molecule has 0 radical (unpaired) electrons. The zero-order valence-corrected chi connectivity index (χ0v) is 11.9. The Labute approximate surface area is 125 Å². The predicted molar refractivity (Wildman–Crippen MR) is 84.2 cm³/mol. The third kappa shape index (κ3) is 2.34. The molecule has 4 rings (SSSR count). The summed E-state index contributed by atoms with van der Waals surface area (Å²) < 4.78 is 11.0. The Morgan fingerprint density at radius 1 is 1.14 bits per heavy atom. The first-order valence-electron chi connectivity index (χ1n) is 6.67. The highest BCUT2D eigenvalue weighted by Crippen LogP contribution is 2.33. The van der Waals surface area contributed by atoms with Gasteiger partial charge in [0.2, 0.25) is 0 Å². The van der Waals surface area contributed by atoms with E-state index >= 15 is 0 Å². The molecule has 1 aliphatic rings. The average molecular weight is 296 g/mol. The normalized spacial score (nSPS) is 13.9. The van der Waals surface area contributed by atoms with Crippen LogP contribution in [0.1, 0.15) is 0 Å². The Bertz CT molecular complexity index is 827.